The molecule has 33 heavy (non-hydrogen) atoms. The zero-order valence-electron chi connectivity index (χ0n) is 20.6. The Morgan fingerprint density at radius 1 is 1.03 bits per heavy atom. The largest absolute Gasteiger partial charge is 0.496 e. The van der Waals surface area contributed by atoms with Crippen LogP contribution in [0.15, 0.2) is 48.5 Å². The van der Waals surface area contributed by atoms with E-state index >= 15 is 0 Å². The Balaban J connectivity index is 1.36. The van der Waals surface area contributed by atoms with Crippen LogP contribution in [0.5, 0.6) is 5.75 Å². The van der Waals surface area contributed by atoms with Gasteiger partial charge in [-0.05, 0) is 50.4 Å². The first-order chi connectivity index (χ1) is 16.0. The van der Waals surface area contributed by atoms with Gasteiger partial charge in [-0.2, -0.15) is 0 Å². The van der Waals surface area contributed by atoms with E-state index in [0.717, 1.165) is 74.9 Å². The molecule has 0 radical (unpaired) electrons. The molecule has 2 N–H and O–H groups in total. The van der Waals surface area contributed by atoms with Crippen LogP contribution in [0, 0.1) is 5.92 Å². The second kappa shape index (κ2) is 10.1. The normalized spacial score (nSPS) is 17.0. The highest BCUT2D eigenvalue weighted by Gasteiger charge is 2.33. The van der Waals surface area contributed by atoms with E-state index in [9.17, 15) is 0 Å². The van der Waals surface area contributed by atoms with Crippen molar-refractivity contribution in [1.82, 2.24) is 14.5 Å². The van der Waals surface area contributed by atoms with Crippen molar-refractivity contribution in [3.63, 3.8) is 0 Å². The predicted molar refractivity (Wildman–Crippen MR) is 137 cm³/mol. The van der Waals surface area contributed by atoms with Gasteiger partial charge < -0.3 is 19.9 Å². The van der Waals surface area contributed by atoms with Gasteiger partial charge in [0, 0.05) is 43.8 Å². The van der Waals surface area contributed by atoms with Gasteiger partial charge in [0.05, 0.1) is 18.1 Å². The quantitative estimate of drug-likeness (QED) is 0.522. The summed E-state index contributed by atoms with van der Waals surface area (Å²) in [5, 5.41) is 0. The van der Waals surface area contributed by atoms with Crippen molar-refractivity contribution in [3.8, 4) is 5.75 Å². The van der Waals surface area contributed by atoms with E-state index in [1.807, 2.05) is 12.1 Å². The maximum Gasteiger partial charge on any atom is 0.206 e. The molecule has 2 aromatic carbocycles. The summed E-state index contributed by atoms with van der Waals surface area (Å²) in [6, 6.07) is 16.6. The molecular weight excluding hydrogens is 410 g/mol. The van der Waals surface area contributed by atoms with E-state index in [0.29, 0.717) is 5.92 Å². The molecule has 0 saturated carbocycles. The Hall–Kier alpha value is -2.57. The molecule has 1 aliphatic heterocycles. The van der Waals surface area contributed by atoms with Gasteiger partial charge in [-0.25, -0.2) is 4.98 Å². The highest BCUT2D eigenvalue weighted by atomic mass is 16.5. The standard InChI is InChI=1S/C27H39N5O/c1-5-32-24-13-8-7-12-23(24)29-26(32)31-19-17-30(18-20-31)16-10-15-27(28,21(2)3)22-11-6-9-14-25(22)33-4/h6-9,11-14,21H,5,10,15-20,28H2,1-4H3. The molecule has 1 fully saturated rings. The third-order valence-corrected chi connectivity index (χ3v) is 7.31. The molecule has 1 aromatic heterocycles. The van der Waals surface area contributed by atoms with Crippen LogP contribution in [0.25, 0.3) is 11.0 Å². The van der Waals surface area contributed by atoms with Crippen LogP contribution >= 0.6 is 0 Å². The third kappa shape index (κ3) is 4.73. The van der Waals surface area contributed by atoms with Gasteiger partial charge in [0.2, 0.25) is 5.95 Å². The number of piperazine rings is 1. The fourth-order valence-electron chi connectivity index (χ4n) is 5.15. The molecule has 1 unspecified atom stereocenters. The molecule has 6 heteroatoms. The summed E-state index contributed by atoms with van der Waals surface area (Å²) in [6.45, 7) is 12.8. The number of anilines is 1. The van der Waals surface area contributed by atoms with Crippen molar-refractivity contribution in [1.29, 1.82) is 0 Å². The highest BCUT2D eigenvalue weighted by Crippen LogP contribution is 2.37. The molecule has 6 nitrogen and oxygen atoms in total. The van der Waals surface area contributed by atoms with Crippen molar-refractivity contribution >= 4 is 17.0 Å². The van der Waals surface area contributed by atoms with Crippen molar-refractivity contribution in [2.45, 2.75) is 45.7 Å². The summed E-state index contributed by atoms with van der Waals surface area (Å²) in [7, 11) is 1.73. The van der Waals surface area contributed by atoms with Crippen molar-refractivity contribution in [2.75, 3.05) is 44.7 Å². The zero-order valence-corrected chi connectivity index (χ0v) is 20.6. The second-order valence-corrected chi connectivity index (χ2v) is 9.47. The van der Waals surface area contributed by atoms with Crippen LogP contribution in [0.2, 0.25) is 0 Å². The minimum absolute atomic E-state index is 0.327. The molecule has 4 rings (SSSR count). The van der Waals surface area contributed by atoms with Gasteiger partial charge in [0.15, 0.2) is 0 Å². The predicted octanol–water partition coefficient (Wildman–Crippen LogP) is 4.48. The van der Waals surface area contributed by atoms with E-state index in [1.54, 1.807) is 7.11 Å². The smallest absolute Gasteiger partial charge is 0.206 e. The highest BCUT2D eigenvalue weighted by molar-refractivity contribution is 5.78. The average Bonchev–Trinajstić information content (AvgIpc) is 3.23. The number of para-hydroxylation sites is 3. The zero-order chi connectivity index (χ0) is 23.4. The molecule has 0 spiro atoms. The molecular formula is C27H39N5O. The molecule has 178 valence electrons. The van der Waals surface area contributed by atoms with Gasteiger partial charge in [-0.1, -0.05) is 44.2 Å². The molecule has 1 saturated heterocycles. The minimum atomic E-state index is -0.388. The van der Waals surface area contributed by atoms with Crippen LogP contribution in [-0.4, -0.2) is 54.3 Å². The molecule has 1 aliphatic rings. The molecule has 0 aliphatic carbocycles. The summed E-state index contributed by atoms with van der Waals surface area (Å²) in [5.74, 6) is 2.32. The van der Waals surface area contributed by atoms with Crippen LogP contribution in [0.3, 0.4) is 0 Å². The molecule has 3 aromatic rings. The summed E-state index contributed by atoms with van der Waals surface area (Å²) < 4.78 is 7.97. The second-order valence-electron chi connectivity index (χ2n) is 9.47. The van der Waals surface area contributed by atoms with Gasteiger partial charge in [-0.3, -0.25) is 4.90 Å². The average molecular weight is 450 g/mol. The SMILES string of the molecule is CCn1c(N2CCN(CCCC(N)(c3ccccc3OC)C(C)C)CC2)nc2ccccc21. The number of nitrogens with two attached hydrogens (primary N) is 1. The first-order valence-electron chi connectivity index (χ1n) is 12.3. The number of aromatic nitrogens is 2. The summed E-state index contributed by atoms with van der Waals surface area (Å²) in [6.07, 6.45) is 2.01. The Morgan fingerprint density at radius 2 is 1.73 bits per heavy atom. The molecule has 0 bridgehead atoms. The maximum absolute atomic E-state index is 7.00. The lowest BCUT2D eigenvalue weighted by atomic mass is 9.77. The summed E-state index contributed by atoms with van der Waals surface area (Å²) in [5.41, 5.74) is 10.0. The number of benzene rings is 2. The van der Waals surface area contributed by atoms with Crippen molar-refractivity contribution < 1.29 is 4.74 Å². The minimum Gasteiger partial charge on any atom is -0.496 e. The fraction of sp³-hybridized carbons (Fsp3) is 0.519. The number of methoxy groups -OCH3 is 1. The topological polar surface area (TPSA) is 59.5 Å². The van der Waals surface area contributed by atoms with Gasteiger partial charge >= 0.3 is 0 Å². The number of aryl methyl sites for hydroxylation is 1. The lowest BCUT2D eigenvalue weighted by Gasteiger charge is -2.38. The third-order valence-electron chi connectivity index (χ3n) is 7.31. The van der Waals surface area contributed by atoms with Gasteiger partial charge in [0.1, 0.15) is 5.75 Å². The van der Waals surface area contributed by atoms with Gasteiger partial charge in [-0.15, -0.1) is 0 Å². The van der Waals surface area contributed by atoms with E-state index < -0.39 is 0 Å². The number of ether oxygens (including phenoxy) is 1. The van der Waals surface area contributed by atoms with E-state index in [4.69, 9.17) is 15.5 Å². The Morgan fingerprint density at radius 3 is 2.42 bits per heavy atom. The van der Waals surface area contributed by atoms with E-state index in [2.05, 4.69) is 71.5 Å². The Bertz CT molecular complexity index is 1050. The Kier molecular flexibility index (Phi) is 7.25. The summed E-state index contributed by atoms with van der Waals surface area (Å²) >= 11 is 0. The number of hydrogen-bond donors (Lipinski definition) is 1. The monoisotopic (exact) mass is 449 g/mol. The van der Waals surface area contributed by atoms with E-state index in [1.165, 1.54) is 5.52 Å². The number of imidazole rings is 1. The van der Waals surface area contributed by atoms with Crippen LogP contribution in [-0.2, 0) is 12.1 Å². The first-order valence-corrected chi connectivity index (χ1v) is 12.3. The van der Waals surface area contributed by atoms with Crippen LogP contribution in [0.1, 0.15) is 39.2 Å². The fourth-order valence-corrected chi connectivity index (χ4v) is 5.15. The van der Waals surface area contributed by atoms with Crippen molar-refractivity contribution in [3.05, 3.63) is 54.1 Å². The van der Waals surface area contributed by atoms with E-state index in [-0.39, 0.29) is 5.54 Å². The number of fused-ring (bicyclic) bond motifs is 1. The number of nitrogens with zero attached hydrogens (tertiary/aromatic N) is 4. The number of hydrogen-bond acceptors (Lipinski definition) is 5. The molecule has 1 atom stereocenters. The number of rotatable bonds is 9. The van der Waals surface area contributed by atoms with Gasteiger partial charge in [0.25, 0.3) is 0 Å². The maximum atomic E-state index is 7.00. The molecule has 2 heterocycles. The molecule has 0 amide bonds. The van der Waals surface area contributed by atoms with Crippen LogP contribution in [0.4, 0.5) is 5.95 Å². The van der Waals surface area contributed by atoms with Crippen LogP contribution < -0.4 is 15.4 Å². The Labute approximate surface area is 198 Å². The van der Waals surface area contributed by atoms with Crippen molar-refractivity contribution in [2.24, 2.45) is 11.7 Å². The lowest BCUT2D eigenvalue weighted by Crippen LogP contribution is -2.48. The lowest BCUT2D eigenvalue weighted by molar-refractivity contribution is 0.220. The first kappa shape index (κ1) is 23.6. The summed E-state index contributed by atoms with van der Waals surface area (Å²) in [4.78, 5) is 9.95.